The molecule has 5 nitrogen and oxygen atoms in total. The Bertz CT molecular complexity index is 173. The predicted octanol–water partition coefficient (Wildman–Crippen LogP) is 2.41. The smallest absolute Gasteiger partial charge is 0.337 e. The van der Waals surface area contributed by atoms with Crippen LogP contribution in [0.5, 0.6) is 0 Å². The van der Waals surface area contributed by atoms with Gasteiger partial charge in [0, 0.05) is 6.54 Å². The summed E-state index contributed by atoms with van der Waals surface area (Å²) in [7, 11) is 0. The molecule has 0 saturated carbocycles. The molecule has 0 aliphatic heterocycles. The van der Waals surface area contributed by atoms with E-state index in [0.29, 0.717) is 6.54 Å². The van der Waals surface area contributed by atoms with Gasteiger partial charge in [0.15, 0.2) is 0 Å². The third-order valence-electron chi connectivity index (χ3n) is 2.08. The van der Waals surface area contributed by atoms with Gasteiger partial charge in [-0.3, -0.25) is 0 Å². The summed E-state index contributed by atoms with van der Waals surface area (Å²) in [5.41, 5.74) is 4.90. The third-order valence-corrected chi connectivity index (χ3v) is 2.08. The number of hydrogen-bond acceptors (Lipinski definition) is 3. The highest BCUT2D eigenvalue weighted by atomic mass is 16.3. The SMILES string of the molecule is CCCCCCCCN(N=O)C(N)=O. The lowest BCUT2D eigenvalue weighted by atomic mass is 10.1. The minimum atomic E-state index is -0.770. The molecular weight excluding hydrogens is 182 g/mol. The van der Waals surface area contributed by atoms with E-state index >= 15 is 0 Å². The van der Waals surface area contributed by atoms with Crippen LogP contribution in [0, 0.1) is 4.91 Å². The van der Waals surface area contributed by atoms with Crippen LogP contribution >= 0.6 is 0 Å². The summed E-state index contributed by atoms with van der Waals surface area (Å²) in [6.45, 7) is 2.50. The van der Waals surface area contributed by atoms with Crippen LogP contribution in [-0.4, -0.2) is 17.6 Å². The van der Waals surface area contributed by atoms with Crippen LogP contribution < -0.4 is 5.73 Å². The second-order valence-electron chi connectivity index (χ2n) is 3.31. The van der Waals surface area contributed by atoms with Crippen molar-refractivity contribution in [3.05, 3.63) is 4.91 Å². The molecule has 0 heterocycles. The van der Waals surface area contributed by atoms with E-state index in [-0.39, 0.29) is 0 Å². The Morgan fingerprint density at radius 3 is 2.29 bits per heavy atom. The Balaban J connectivity index is 3.33. The molecule has 0 rings (SSSR count). The minimum Gasteiger partial charge on any atom is -0.350 e. The molecule has 0 aromatic carbocycles. The molecule has 0 aliphatic carbocycles. The predicted molar refractivity (Wildman–Crippen MR) is 55.5 cm³/mol. The Kier molecular flexibility index (Phi) is 7.78. The maximum atomic E-state index is 10.6. The normalized spacial score (nSPS) is 9.79. The van der Waals surface area contributed by atoms with E-state index in [2.05, 4.69) is 12.2 Å². The van der Waals surface area contributed by atoms with Crippen LogP contribution in [0.3, 0.4) is 0 Å². The summed E-state index contributed by atoms with van der Waals surface area (Å²) in [6, 6.07) is -0.770. The molecule has 82 valence electrons. The largest absolute Gasteiger partial charge is 0.350 e. The van der Waals surface area contributed by atoms with Gasteiger partial charge in [-0.25, -0.2) is 4.79 Å². The van der Waals surface area contributed by atoms with Gasteiger partial charge in [0.1, 0.15) is 0 Å². The standard InChI is InChI=1S/C9H19N3O2/c1-2-3-4-5-6-7-8-12(11-14)9(10)13/h2-8H2,1H3,(H2,10,13). The van der Waals surface area contributed by atoms with Gasteiger partial charge in [0.05, 0.1) is 5.29 Å². The first-order chi connectivity index (χ1) is 6.72. The van der Waals surface area contributed by atoms with Gasteiger partial charge in [-0.1, -0.05) is 39.0 Å². The topological polar surface area (TPSA) is 75.8 Å². The highest BCUT2D eigenvalue weighted by molar-refractivity contribution is 5.71. The van der Waals surface area contributed by atoms with Crippen molar-refractivity contribution in [3.8, 4) is 0 Å². The van der Waals surface area contributed by atoms with E-state index in [9.17, 15) is 9.70 Å². The van der Waals surface area contributed by atoms with E-state index in [4.69, 9.17) is 5.73 Å². The molecule has 0 unspecified atom stereocenters. The summed E-state index contributed by atoms with van der Waals surface area (Å²) in [4.78, 5) is 20.6. The maximum Gasteiger partial charge on any atom is 0.337 e. The summed E-state index contributed by atoms with van der Waals surface area (Å²) >= 11 is 0. The van der Waals surface area contributed by atoms with Gasteiger partial charge in [-0.2, -0.15) is 5.01 Å². The van der Waals surface area contributed by atoms with Crippen LogP contribution in [0.2, 0.25) is 0 Å². The van der Waals surface area contributed by atoms with Gasteiger partial charge >= 0.3 is 6.03 Å². The summed E-state index contributed by atoms with van der Waals surface area (Å²) in [6.07, 6.45) is 6.60. The van der Waals surface area contributed by atoms with Crippen molar-refractivity contribution in [1.29, 1.82) is 0 Å². The quantitative estimate of drug-likeness (QED) is 0.372. The molecule has 14 heavy (non-hydrogen) atoms. The molecule has 0 fully saturated rings. The van der Waals surface area contributed by atoms with Gasteiger partial charge in [0.2, 0.25) is 0 Å². The lowest BCUT2D eigenvalue weighted by molar-refractivity contribution is 0.207. The zero-order chi connectivity index (χ0) is 10.8. The van der Waals surface area contributed by atoms with Crippen molar-refractivity contribution in [1.82, 2.24) is 5.01 Å². The highest BCUT2D eigenvalue weighted by Gasteiger charge is 2.07. The monoisotopic (exact) mass is 201 g/mol. The number of rotatable bonds is 8. The molecule has 0 radical (unpaired) electrons. The number of nitrogens with zero attached hydrogens (tertiary/aromatic N) is 2. The molecule has 2 amide bonds. The zero-order valence-electron chi connectivity index (χ0n) is 8.74. The number of nitroso groups, excluding NO2 is 1. The van der Waals surface area contributed by atoms with Crippen molar-refractivity contribution in [2.24, 2.45) is 11.0 Å². The lowest BCUT2D eigenvalue weighted by Crippen LogP contribution is -2.31. The average Bonchev–Trinajstić information content (AvgIpc) is 2.16. The first-order valence-electron chi connectivity index (χ1n) is 5.12. The van der Waals surface area contributed by atoms with E-state index in [0.717, 1.165) is 24.3 Å². The number of carbonyl (C=O) groups excluding carboxylic acids is 1. The maximum absolute atomic E-state index is 10.6. The number of carbonyl (C=O) groups is 1. The minimum absolute atomic E-state index is 0.338. The van der Waals surface area contributed by atoms with Crippen molar-refractivity contribution in [3.63, 3.8) is 0 Å². The molecule has 5 heteroatoms. The summed E-state index contributed by atoms with van der Waals surface area (Å²) in [5, 5.41) is 3.29. The Morgan fingerprint density at radius 1 is 1.21 bits per heavy atom. The number of amides is 2. The molecule has 0 aliphatic rings. The molecular formula is C9H19N3O2. The second kappa shape index (κ2) is 8.47. The van der Waals surface area contributed by atoms with Crippen LogP contribution in [0.4, 0.5) is 4.79 Å². The van der Waals surface area contributed by atoms with Gasteiger partial charge in [0.25, 0.3) is 0 Å². The van der Waals surface area contributed by atoms with Crippen LogP contribution in [-0.2, 0) is 0 Å². The van der Waals surface area contributed by atoms with Crippen LogP contribution in [0.25, 0.3) is 0 Å². The fourth-order valence-corrected chi connectivity index (χ4v) is 1.23. The molecule has 0 aromatic heterocycles. The van der Waals surface area contributed by atoms with E-state index < -0.39 is 6.03 Å². The van der Waals surface area contributed by atoms with Crippen molar-refractivity contribution in [2.45, 2.75) is 45.4 Å². The van der Waals surface area contributed by atoms with Gasteiger partial charge < -0.3 is 5.73 Å². The fraction of sp³-hybridized carbons (Fsp3) is 0.889. The van der Waals surface area contributed by atoms with Crippen LogP contribution in [0.1, 0.15) is 45.4 Å². The molecule has 0 spiro atoms. The van der Waals surface area contributed by atoms with Crippen molar-refractivity contribution in [2.75, 3.05) is 6.54 Å². The molecule has 2 N–H and O–H groups in total. The average molecular weight is 201 g/mol. The number of unbranched alkanes of at least 4 members (excludes halogenated alkanes) is 5. The Labute approximate surface area is 84.6 Å². The molecule has 0 bridgehead atoms. The zero-order valence-corrected chi connectivity index (χ0v) is 8.74. The van der Waals surface area contributed by atoms with Crippen LogP contribution in [0.15, 0.2) is 5.29 Å². The number of hydrogen-bond donors (Lipinski definition) is 1. The summed E-state index contributed by atoms with van der Waals surface area (Å²) < 4.78 is 0. The van der Waals surface area contributed by atoms with Gasteiger partial charge in [-0.05, 0) is 6.42 Å². The van der Waals surface area contributed by atoms with Crippen molar-refractivity contribution >= 4 is 6.03 Å². The number of primary amides is 1. The fourth-order valence-electron chi connectivity index (χ4n) is 1.23. The van der Waals surface area contributed by atoms with E-state index in [1.807, 2.05) is 0 Å². The third kappa shape index (κ3) is 6.39. The molecule has 0 atom stereocenters. The van der Waals surface area contributed by atoms with E-state index in [1.165, 1.54) is 19.3 Å². The first kappa shape index (κ1) is 12.9. The second-order valence-corrected chi connectivity index (χ2v) is 3.31. The summed E-state index contributed by atoms with van der Waals surface area (Å²) in [5.74, 6) is 0. The highest BCUT2D eigenvalue weighted by Crippen LogP contribution is 2.05. The first-order valence-corrected chi connectivity index (χ1v) is 5.12. The lowest BCUT2D eigenvalue weighted by Gasteiger charge is -2.09. The number of urea groups is 1. The Morgan fingerprint density at radius 2 is 1.79 bits per heavy atom. The molecule has 0 saturated heterocycles. The number of nitrogens with two attached hydrogens (primary N) is 1. The van der Waals surface area contributed by atoms with Crippen molar-refractivity contribution < 1.29 is 4.79 Å². The van der Waals surface area contributed by atoms with Gasteiger partial charge in [-0.15, -0.1) is 4.91 Å². The molecule has 0 aromatic rings. The van der Waals surface area contributed by atoms with E-state index in [1.54, 1.807) is 0 Å². The Hall–Kier alpha value is -1.13.